The normalized spacial score (nSPS) is 30.1. The number of rotatable bonds is 4. The van der Waals surface area contributed by atoms with Gasteiger partial charge in [-0.1, -0.05) is 26.8 Å². The molecule has 1 aliphatic carbocycles. The second-order valence-electron chi connectivity index (χ2n) is 5.97. The van der Waals surface area contributed by atoms with E-state index in [-0.39, 0.29) is 0 Å². The highest BCUT2D eigenvalue weighted by atomic mass is 14.9. The highest BCUT2D eigenvalue weighted by Gasteiger charge is 2.30. The Kier molecular flexibility index (Phi) is 4.76. The molecule has 0 bridgehead atoms. The van der Waals surface area contributed by atoms with Crippen molar-refractivity contribution < 1.29 is 0 Å². The summed E-state index contributed by atoms with van der Waals surface area (Å²) >= 11 is 0. The van der Waals surface area contributed by atoms with E-state index in [0.717, 1.165) is 24.3 Å². The van der Waals surface area contributed by atoms with Gasteiger partial charge in [-0.3, -0.25) is 4.98 Å². The molecule has 0 spiro atoms. The monoisotopic (exact) mass is 246 g/mol. The number of pyridine rings is 1. The van der Waals surface area contributed by atoms with E-state index >= 15 is 0 Å². The van der Waals surface area contributed by atoms with Gasteiger partial charge in [0.1, 0.15) is 0 Å². The summed E-state index contributed by atoms with van der Waals surface area (Å²) < 4.78 is 0. The number of nitrogens with zero attached hydrogens (tertiary/aromatic N) is 1. The summed E-state index contributed by atoms with van der Waals surface area (Å²) in [5.74, 6) is 2.44. The maximum absolute atomic E-state index is 4.56. The molecule has 0 radical (unpaired) electrons. The van der Waals surface area contributed by atoms with Crippen LogP contribution >= 0.6 is 0 Å². The Labute approximate surface area is 111 Å². The summed E-state index contributed by atoms with van der Waals surface area (Å²) in [4.78, 5) is 4.56. The Morgan fingerprint density at radius 2 is 1.94 bits per heavy atom. The van der Waals surface area contributed by atoms with Gasteiger partial charge in [0.25, 0.3) is 0 Å². The summed E-state index contributed by atoms with van der Waals surface area (Å²) in [6.07, 6.45) is 5.96. The molecule has 18 heavy (non-hydrogen) atoms. The fourth-order valence-electron chi connectivity index (χ4n) is 3.57. The fourth-order valence-corrected chi connectivity index (χ4v) is 3.57. The smallest absolute Gasteiger partial charge is 0.0576 e. The lowest BCUT2D eigenvalue weighted by Crippen LogP contribution is -2.33. The standard InChI is InChI=1S/C16H26N2/c1-4-17-16(15-7-5-6-8-18-15)14-10-12(2)9-13(3)11-14/h5-8,12-14,16-17H,4,9-11H2,1-3H3. The van der Waals surface area contributed by atoms with Crippen LogP contribution in [0, 0.1) is 17.8 Å². The molecule has 0 aromatic carbocycles. The molecule has 1 fully saturated rings. The Morgan fingerprint density at radius 1 is 1.22 bits per heavy atom. The second kappa shape index (κ2) is 6.33. The van der Waals surface area contributed by atoms with Crippen LogP contribution < -0.4 is 5.32 Å². The van der Waals surface area contributed by atoms with Gasteiger partial charge in [-0.2, -0.15) is 0 Å². The first kappa shape index (κ1) is 13.5. The van der Waals surface area contributed by atoms with Crippen molar-refractivity contribution in [1.29, 1.82) is 0 Å². The Balaban J connectivity index is 2.14. The quantitative estimate of drug-likeness (QED) is 0.874. The predicted octanol–water partition coefficient (Wildman–Crippen LogP) is 3.80. The van der Waals surface area contributed by atoms with Gasteiger partial charge in [0, 0.05) is 6.20 Å². The number of nitrogens with one attached hydrogen (secondary N) is 1. The minimum atomic E-state index is 0.432. The van der Waals surface area contributed by atoms with Gasteiger partial charge in [-0.05, 0) is 55.7 Å². The van der Waals surface area contributed by atoms with Crippen LogP contribution in [0.1, 0.15) is 51.8 Å². The fraction of sp³-hybridized carbons (Fsp3) is 0.688. The third-order valence-electron chi connectivity index (χ3n) is 4.12. The average molecular weight is 246 g/mol. The third-order valence-corrected chi connectivity index (χ3v) is 4.12. The van der Waals surface area contributed by atoms with E-state index in [2.05, 4.69) is 43.2 Å². The topological polar surface area (TPSA) is 24.9 Å². The van der Waals surface area contributed by atoms with Gasteiger partial charge in [-0.25, -0.2) is 0 Å². The molecular weight excluding hydrogens is 220 g/mol. The molecule has 3 unspecified atom stereocenters. The summed E-state index contributed by atoms with van der Waals surface area (Å²) in [5.41, 5.74) is 1.21. The van der Waals surface area contributed by atoms with E-state index in [1.165, 1.54) is 25.0 Å². The summed E-state index contributed by atoms with van der Waals surface area (Å²) in [5, 5.41) is 3.65. The minimum Gasteiger partial charge on any atom is -0.309 e. The molecule has 1 aromatic heterocycles. The largest absolute Gasteiger partial charge is 0.309 e. The van der Waals surface area contributed by atoms with Crippen LogP contribution in [0.4, 0.5) is 0 Å². The molecule has 3 atom stereocenters. The maximum Gasteiger partial charge on any atom is 0.0576 e. The number of hydrogen-bond acceptors (Lipinski definition) is 2. The van der Waals surface area contributed by atoms with Crippen molar-refractivity contribution in [3.8, 4) is 0 Å². The summed E-state index contributed by atoms with van der Waals surface area (Å²) in [7, 11) is 0. The molecule has 0 saturated heterocycles. The van der Waals surface area contributed by atoms with Gasteiger partial charge in [0.2, 0.25) is 0 Å². The van der Waals surface area contributed by atoms with Crippen molar-refractivity contribution >= 4 is 0 Å². The SMILES string of the molecule is CCNC(c1ccccn1)C1CC(C)CC(C)C1. The Bertz CT molecular complexity index is 339. The highest BCUT2D eigenvalue weighted by molar-refractivity contribution is 5.10. The molecule has 0 aliphatic heterocycles. The summed E-state index contributed by atoms with van der Waals surface area (Å²) in [6, 6.07) is 6.69. The number of hydrogen-bond donors (Lipinski definition) is 1. The van der Waals surface area contributed by atoms with Crippen molar-refractivity contribution in [2.45, 2.75) is 46.1 Å². The molecule has 2 nitrogen and oxygen atoms in total. The van der Waals surface area contributed by atoms with Gasteiger partial charge in [-0.15, -0.1) is 0 Å². The zero-order valence-corrected chi connectivity index (χ0v) is 11.9. The molecule has 1 saturated carbocycles. The highest BCUT2D eigenvalue weighted by Crippen LogP contribution is 2.39. The van der Waals surface area contributed by atoms with Crippen LogP contribution in [0.2, 0.25) is 0 Å². The lowest BCUT2D eigenvalue weighted by atomic mass is 9.73. The first-order valence-corrected chi connectivity index (χ1v) is 7.35. The van der Waals surface area contributed by atoms with Crippen LogP contribution in [0.15, 0.2) is 24.4 Å². The van der Waals surface area contributed by atoms with Crippen molar-refractivity contribution in [2.24, 2.45) is 17.8 Å². The molecule has 1 aliphatic rings. The first-order valence-electron chi connectivity index (χ1n) is 7.35. The molecule has 2 heteroatoms. The van der Waals surface area contributed by atoms with E-state index in [9.17, 15) is 0 Å². The Morgan fingerprint density at radius 3 is 2.50 bits per heavy atom. The van der Waals surface area contributed by atoms with E-state index in [0.29, 0.717) is 6.04 Å². The van der Waals surface area contributed by atoms with Gasteiger partial charge in [0.05, 0.1) is 11.7 Å². The van der Waals surface area contributed by atoms with Crippen molar-refractivity contribution in [2.75, 3.05) is 6.54 Å². The molecule has 2 rings (SSSR count). The van der Waals surface area contributed by atoms with Crippen molar-refractivity contribution in [3.05, 3.63) is 30.1 Å². The zero-order chi connectivity index (χ0) is 13.0. The predicted molar refractivity (Wildman–Crippen MR) is 76.3 cm³/mol. The molecule has 100 valence electrons. The van der Waals surface area contributed by atoms with Crippen LogP contribution in [0.3, 0.4) is 0 Å². The maximum atomic E-state index is 4.56. The lowest BCUT2D eigenvalue weighted by Gasteiger charge is -2.36. The molecule has 1 heterocycles. The third kappa shape index (κ3) is 3.32. The van der Waals surface area contributed by atoms with Crippen molar-refractivity contribution in [3.63, 3.8) is 0 Å². The Hall–Kier alpha value is -0.890. The minimum absolute atomic E-state index is 0.432. The second-order valence-corrected chi connectivity index (χ2v) is 5.97. The average Bonchev–Trinajstić information content (AvgIpc) is 2.36. The molecular formula is C16H26N2. The van der Waals surface area contributed by atoms with Crippen LogP contribution in [-0.2, 0) is 0 Å². The molecule has 0 amide bonds. The van der Waals surface area contributed by atoms with Gasteiger partial charge in [0.15, 0.2) is 0 Å². The number of aromatic nitrogens is 1. The van der Waals surface area contributed by atoms with Crippen molar-refractivity contribution in [1.82, 2.24) is 10.3 Å². The van der Waals surface area contributed by atoms with Crippen LogP contribution in [-0.4, -0.2) is 11.5 Å². The van der Waals surface area contributed by atoms with Crippen LogP contribution in [0.25, 0.3) is 0 Å². The summed E-state index contributed by atoms with van der Waals surface area (Å²) in [6.45, 7) is 7.99. The van der Waals surface area contributed by atoms with E-state index in [1.54, 1.807) is 0 Å². The van der Waals surface area contributed by atoms with Gasteiger partial charge < -0.3 is 5.32 Å². The van der Waals surface area contributed by atoms with E-state index in [1.807, 2.05) is 12.3 Å². The molecule has 1 N–H and O–H groups in total. The zero-order valence-electron chi connectivity index (χ0n) is 11.9. The lowest BCUT2D eigenvalue weighted by molar-refractivity contribution is 0.175. The van der Waals surface area contributed by atoms with E-state index < -0.39 is 0 Å². The van der Waals surface area contributed by atoms with Gasteiger partial charge >= 0.3 is 0 Å². The molecule has 1 aromatic rings. The first-order chi connectivity index (χ1) is 8.70. The van der Waals surface area contributed by atoms with Crippen LogP contribution in [0.5, 0.6) is 0 Å². The van der Waals surface area contributed by atoms with E-state index in [4.69, 9.17) is 0 Å².